The Labute approximate surface area is 147 Å². The molecule has 24 heavy (non-hydrogen) atoms. The van der Waals surface area contributed by atoms with Crippen LogP contribution in [0.25, 0.3) is 0 Å². The molecule has 0 heterocycles. The largest absolute Gasteiger partial charge is 0.295 e. The van der Waals surface area contributed by atoms with E-state index in [1.54, 1.807) is 0 Å². The van der Waals surface area contributed by atoms with Gasteiger partial charge in [0, 0.05) is 20.9 Å². The molecule has 0 aliphatic rings. The van der Waals surface area contributed by atoms with E-state index in [-0.39, 0.29) is 11.4 Å². The molecular weight excluding hydrogens is 344 g/mol. The Morgan fingerprint density at radius 1 is 0.875 bits per heavy atom. The Morgan fingerprint density at radius 3 is 1.92 bits per heavy atom. The SMILES string of the molecule is O=[N+]([O-])c1ccc(Cl)cc1N=S(c1ccccc1)c1ccccc1. The van der Waals surface area contributed by atoms with Crippen molar-refractivity contribution in [3.05, 3.63) is 94.0 Å². The molecule has 0 unspecified atom stereocenters. The van der Waals surface area contributed by atoms with Crippen molar-refractivity contribution in [1.82, 2.24) is 0 Å². The van der Waals surface area contributed by atoms with Crippen LogP contribution in [0, 0.1) is 10.1 Å². The van der Waals surface area contributed by atoms with E-state index in [4.69, 9.17) is 11.6 Å². The quantitative estimate of drug-likeness (QED) is 0.438. The van der Waals surface area contributed by atoms with Crippen molar-refractivity contribution in [3.8, 4) is 0 Å². The zero-order valence-electron chi connectivity index (χ0n) is 12.5. The van der Waals surface area contributed by atoms with E-state index < -0.39 is 15.6 Å². The Kier molecular flexibility index (Phi) is 5.03. The van der Waals surface area contributed by atoms with Crippen molar-refractivity contribution in [2.24, 2.45) is 4.36 Å². The monoisotopic (exact) mass is 356 g/mol. The summed E-state index contributed by atoms with van der Waals surface area (Å²) < 4.78 is 4.68. The van der Waals surface area contributed by atoms with Crippen LogP contribution in [0.4, 0.5) is 11.4 Å². The zero-order valence-corrected chi connectivity index (χ0v) is 14.1. The molecule has 0 fully saturated rings. The van der Waals surface area contributed by atoms with Crippen LogP contribution in [0.5, 0.6) is 0 Å². The highest BCUT2D eigenvalue weighted by atomic mass is 35.5. The normalized spacial score (nSPS) is 10.6. The third-order valence-corrected chi connectivity index (χ3v) is 5.31. The molecule has 4 nitrogen and oxygen atoms in total. The first-order valence-electron chi connectivity index (χ1n) is 7.15. The van der Waals surface area contributed by atoms with Crippen molar-refractivity contribution in [2.75, 3.05) is 0 Å². The summed E-state index contributed by atoms with van der Waals surface area (Å²) in [5.74, 6) is 0. The summed E-state index contributed by atoms with van der Waals surface area (Å²) in [6.07, 6.45) is 0. The van der Waals surface area contributed by atoms with Crippen LogP contribution in [-0.4, -0.2) is 4.92 Å². The second kappa shape index (κ2) is 7.38. The molecule has 0 atom stereocenters. The second-order valence-electron chi connectivity index (χ2n) is 4.89. The summed E-state index contributed by atoms with van der Waals surface area (Å²) in [7, 11) is -0.675. The van der Waals surface area contributed by atoms with Gasteiger partial charge >= 0.3 is 0 Å². The zero-order chi connectivity index (χ0) is 16.9. The molecule has 3 aromatic rings. The van der Waals surface area contributed by atoms with Gasteiger partial charge in [0.1, 0.15) is 0 Å². The fourth-order valence-corrected chi connectivity index (χ4v) is 3.98. The highest BCUT2D eigenvalue weighted by molar-refractivity contribution is 7.87. The standard InChI is InChI=1S/C18H13ClN2O2S/c19-14-11-12-18(21(22)23)17(13-14)20-24(15-7-3-1-4-8-15)16-9-5-2-6-10-16/h1-13H. The van der Waals surface area contributed by atoms with Gasteiger partial charge in [-0.2, -0.15) is 0 Å². The molecule has 0 spiro atoms. The first kappa shape index (κ1) is 16.4. The van der Waals surface area contributed by atoms with Gasteiger partial charge in [-0.25, -0.2) is 4.36 Å². The maximum atomic E-state index is 11.3. The molecule has 0 radical (unpaired) electrons. The summed E-state index contributed by atoms with van der Waals surface area (Å²) in [6.45, 7) is 0. The van der Waals surface area contributed by atoms with Crippen LogP contribution in [-0.2, 0) is 10.7 Å². The van der Waals surface area contributed by atoms with Crippen molar-refractivity contribution in [1.29, 1.82) is 0 Å². The van der Waals surface area contributed by atoms with Crippen LogP contribution >= 0.6 is 11.6 Å². The predicted octanol–water partition coefficient (Wildman–Crippen LogP) is 5.80. The number of benzene rings is 3. The molecule has 0 aromatic heterocycles. The Hall–Kier alpha value is -2.50. The highest BCUT2D eigenvalue weighted by Crippen LogP contribution is 2.33. The first-order valence-corrected chi connectivity index (χ1v) is 8.71. The number of hydrogen-bond donors (Lipinski definition) is 0. The van der Waals surface area contributed by atoms with Gasteiger partial charge in [-0.1, -0.05) is 48.0 Å². The van der Waals surface area contributed by atoms with Gasteiger partial charge in [0.2, 0.25) is 0 Å². The Balaban J connectivity index is 2.22. The maximum absolute atomic E-state index is 11.3. The molecule has 0 aliphatic carbocycles. The third kappa shape index (κ3) is 3.69. The highest BCUT2D eigenvalue weighted by Gasteiger charge is 2.15. The molecule has 3 aromatic carbocycles. The van der Waals surface area contributed by atoms with Crippen molar-refractivity contribution in [3.63, 3.8) is 0 Å². The number of nitro benzene ring substituents is 1. The van der Waals surface area contributed by atoms with E-state index in [1.165, 1.54) is 18.2 Å². The third-order valence-electron chi connectivity index (χ3n) is 3.26. The Bertz CT molecular complexity index is 858. The van der Waals surface area contributed by atoms with Crippen LogP contribution in [0.3, 0.4) is 0 Å². The van der Waals surface area contributed by atoms with Crippen molar-refractivity contribution >= 4 is 33.7 Å². The lowest BCUT2D eigenvalue weighted by Crippen LogP contribution is -1.94. The minimum atomic E-state index is -0.675. The van der Waals surface area contributed by atoms with Crippen LogP contribution in [0.1, 0.15) is 0 Å². The van der Waals surface area contributed by atoms with Crippen molar-refractivity contribution in [2.45, 2.75) is 9.79 Å². The van der Waals surface area contributed by atoms with E-state index in [0.29, 0.717) is 5.02 Å². The molecular formula is C18H13ClN2O2S. The molecule has 0 N–H and O–H groups in total. The summed E-state index contributed by atoms with van der Waals surface area (Å²) in [5.41, 5.74) is 0.229. The van der Waals surface area contributed by atoms with Crippen LogP contribution in [0.2, 0.25) is 5.02 Å². The van der Waals surface area contributed by atoms with E-state index in [1.807, 2.05) is 60.7 Å². The first-order chi connectivity index (χ1) is 11.6. The topological polar surface area (TPSA) is 55.5 Å². The number of rotatable bonds is 4. The average molecular weight is 357 g/mol. The van der Waals surface area contributed by atoms with Gasteiger partial charge in [0.15, 0.2) is 5.69 Å². The average Bonchev–Trinajstić information content (AvgIpc) is 2.61. The molecule has 6 heteroatoms. The number of nitrogens with zero attached hydrogens (tertiary/aromatic N) is 2. The maximum Gasteiger partial charge on any atom is 0.295 e. The van der Waals surface area contributed by atoms with Crippen LogP contribution in [0.15, 0.2) is 93.0 Å². The van der Waals surface area contributed by atoms with E-state index in [2.05, 4.69) is 4.36 Å². The molecule has 120 valence electrons. The van der Waals surface area contributed by atoms with Crippen LogP contribution < -0.4 is 0 Å². The number of nitro groups is 1. The second-order valence-corrected chi connectivity index (χ2v) is 7.02. The molecule has 0 bridgehead atoms. The lowest BCUT2D eigenvalue weighted by Gasteiger charge is -2.09. The van der Waals surface area contributed by atoms with Crippen molar-refractivity contribution < 1.29 is 4.92 Å². The Morgan fingerprint density at radius 2 is 1.42 bits per heavy atom. The fourth-order valence-electron chi connectivity index (χ4n) is 2.16. The molecule has 0 aliphatic heterocycles. The fraction of sp³-hybridized carbons (Fsp3) is 0. The van der Waals surface area contributed by atoms with E-state index >= 15 is 0 Å². The molecule has 3 rings (SSSR count). The minimum Gasteiger partial charge on any atom is -0.258 e. The molecule has 0 saturated carbocycles. The van der Waals surface area contributed by atoms with Gasteiger partial charge in [-0.05, 0) is 47.1 Å². The number of hydrogen-bond acceptors (Lipinski definition) is 3. The predicted molar refractivity (Wildman–Crippen MR) is 97.0 cm³/mol. The van der Waals surface area contributed by atoms with E-state index in [0.717, 1.165) is 9.79 Å². The number of halogens is 1. The smallest absolute Gasteiger partial charge is 0.258 e. The van der Waals surface area contributed by atoms with Gasteiger partial charge in [0.25, 0.3) is 5.69 Å². The molecule has 0 saturated heterocycles. The van der Waals surface area contributed by atoms with Gasteiger partial charge in [0.05, 0.1) is 4.92 Å². The lowest BCUT2D eigenvalue weighted by molar-refractivity contribution is -0.384. The van der Waals surface area contributed by atoms with Gasteiger partial charge in [-0.3, -0.25) is 10.1 Å². The van der Waals surface area contributed by atoms with Gasteiger partial charge in [-0.15, -0.1) is 0 Å². The van der Waals surface area contributed by atoms with E-state index in [9.17, 15) is 10.1 Å². The summed E-state index contributed by atoms with van der Waals surface area (Å²) in [5, 5.41) is 11.7. The summed E-state index contributed by atoms with van der Waals surface area (Å²) >= 11 is 6.02. The minimum absolute atomic E-state index is 0.0521. The summed E-state index contributed by atoms with van der Waals surface area (Å²) in [6, 6.07) is 23.9. The van der Waals surface area contributed by atoms with Gasteiger partial charge < -0.3 is 0 Å². The molecule has 0 amide bonds. The lowest BCUT2D eigenvalue weighted by atomic mass is 10.3. The summed E-state index contributed by atoms with van der Waals surface area (Å²) in [4.78, 5) is 12.8.